The second kappa shape index (κ2) is 6.01. The van der Waals surface area contributed by atoms with Crippen molar-refractivity contribution < 1.29 is 0 Å². The van der Waals surface area contributed by atoms with Crippen molar-refractivity contribution in [3.8, 4) is 0 Å². The predicted molar refractivity (Wildman–Crippen MR) is 87.5 cm³/mol. The highest BCUT2D eigenvalue weighted by molar-refractivity contribution is 9.11. The van der Waals surface area contributed by atoms with E-state index in [0.717, 1.165) is 15.7 Å². The van der Waals surface area contributed by atoms with E-state index >= 15 is 0 Å². The summed E-state index contributed by atoms with van der Waals surface area (Å²) in [4.78, 5) is 4.39. The smallest absolute Gasteiger partial charge is 0.0704 e. The van der Waals surface area contributed by atoms with Gasteiger partial charge in [-0.2, -0.15) is 0 Å². The highest BCUT2D eigenvalue weighted by atomic mass is 79.9. The quantitative estimate of drug-likeness (QED) is 0.557. The number of hydrazine groups is 1. The lowest BCUT2D eigenvalue weighted by molar-refractivity contribution is 0.555. The maximum absolute atomic E-state index is 5.73. The Labute approximate surface area is 129 Å². The normalized spacial score (nSPS) is 12.7. The number of thiophene rings is 1. The third kappa shape index (κ3) is 2.76. The predicted octanol–water partition coefficient (Wildman–Crippen LogP) is 3.81. The molecule has 0 saturated carbocycles. The molecule has 0 fully saturated rings. The highest BCUT2D eigenvalue weighted by Gasteiger charge is 2.14. The number of hydrogen-bond acceptors (Lipinski definition) is 4. The van der Waals surface area contributed by atoms with Gasteiger partial charge in [0.15, 0.2) is 0 Å². The van der Waals surface area contributed by atoms with E-state index in [-0.39, 0.29) is 6.04 Å². The van der Waals surface area contributed by atoms with Gasteiger partial charge in [0.2, 0.25) is 0 Å². The zero-order chi connectivity index (χ0) is 13.9. The second-order valence-corrected chi connectivity index (χ2v) is 6.89. The summed E-state index contributed by atoms with van der Waals surface area (Å²) in [5, 5.41) is 3.31. The van der Waals surface area contributed by atoms with Gasteiger partial charge in [-0.25, -0.2) is 0 Å². The molecule has 20 heavy (non-hydrogen) atoms. The van der Waals surface area contributed by atoms with Gasteiger partial charge in [-0.15, -0.1) is 11.3 Å². The van der Waals surface area contributed by atoms with Crippen LogP contribution in [0, 0.1) is 0 Å². The number of nitrogens with zero attached hydrogens (tertiary/aromatic N) is 1. The van der Waals surface area contributed by atoms with Crippen LogP contribution in [0.25, 0.3) is 10.9 Å². The molecule has 0 aliphatic carbocycles. The molecule has 0 saturated heterocycles. The molecular formula is C15H14BrN3S. The minimum atomic E-state index is 0.100. The number of rotatable bonds is 4. The van der Waals surface area contributed by atoms with E-state index in [2.05, 4.69) is 49.9 Å². The van der Waals surface area contributed by atoms with Crippen LogP contribution in [0.1, 0.15) is 17.2 Å². The van der Waals surface area contributed by atoms with E-state index < -0.39 is 0 Å². The maximum atomic E-state index is 5.73. The van der Waals surface area contributed by atoms with Gasteiger partial charge in [-0.1, -0.05) is 18.2 Å². The molecule has 3 aromatic rings. The molecule has 0 spiro atoms. The summed E-state index contributed by atoms with van der Waals surface area (Å²) in [6.07, 6.45) is 2.69. The van der Waals surface area contributed by atoms with E-state index in [1.165, 1.54) is 16.5 Å². The lowest BCUT2D eigenvalue weighted by Crippen LogP contribution is -2.29. The SMILES string of the molecule is NNC(Cc1ccnc2ccccc12)c1csc(Br)c1. The van der Waals surface area contributed by atoms with E-state index in [4.69, 9.17) is 5.84 Å². The molecule has 2 heterocycles. The van der Waals surface area contributed by atoms with Gasteiger partial charge in [-0.3, -0.25) is 16.3 Å². The van der Waals surface area contributed by atoms with E-state index in [1.807, 2.05) is 24.4 Å². The van der Waals surface area contributed by atoms with E-state index in [0.29, 0.717) is 0 Å². The molecule has 3 rings (SSSR count). The summed E-state index contributed by atoms with van der Waals surface area (Å²) in [6.45, 7) is 0. The zero-order valence-corrected chi connectivity index (χ0v) is 13.1. The Hall–Kier alpha value is -1.27. The van der Waals surface area contributed by atoms with Gasteiger partial charge in [0.25, 0.3) is 0 Å². The number of benzene rings is 1. The number of nitrogens with one attached hydrogen (secondary N) is 1. The molecule has 0 radical (unpaired) electrons. The fraction of sp³-hybridized carbons (Fsp3) is 0.133. The topological polar surface area (TPSA) is 50.9 Å². The molecule has 0 aliphatic heterocycles. The van der Waals surface area contributed by atoms with E-state index in [1.54, 1.807) is 11.3 Å². The maximum Gasteiger partial charge on any atom is 0.0704 e. The fourth-order valence-electron chi connectivity index (χ4n) is 2.33. The first-order chi connectivity index (χ1) is 9.78. The fourth-order valence-corrected chi connectivity index (χ4v) is 3.56. The summed E-state index contributed by atoms with van der Waals surface area (Å²) in [5.74, 6) is 5.73. The van der Waals surface area contributed by atoms with Gasteiger partial charge in [0.05, 0.1) is 15.3 Å². The Morgan fingerprint density at radius 3 is 2.90 bits per heavy atom. The number of pyridine rings is 1. The van der Waals surface area contributed by atoms with Gasteiger partial charge in [-0.05, 0) is 57.1 Å². The molecule has 3 N–H and O–H groups in total. The van der Waals surface area contributed by atoms with Gasteiger partial charge in [0.1, 0.15) is 0 Å². The van der Waals surface area contributed by atoms with Crippen LogP contribution >= 0.6 is 27.3 Å². The molecule has 3 nitrogen and oxygen atoms in total. The Bertz CT molecular complexity index is 720. The van der Waals surface area contributed by atoms with Crippen molar-refractivity contribution in [3.05, 3.63) is 62.9 Å². The first-order valence-electron chi connectivity index (χ1n) is 6.30. The molecule has 1 unspecified atom stereocenters. The number of aromatic nitrogens is 1. The molecule has 1 atom stereocenters. The Morgan fingerprint density at radius 1 is 1.30 bits per heavy atom. The second-order valence-electron chi connectivity index (χ2n) is 4.59. The molecule has 2 aromatic heterocycles. The van der Waals surface area contributed by atoms with Crippen LogP contribution in [0.15, 0.2) is 51.8 Å². The lowest BCUT2D eigenvalue weighted by Gasteiger charge is -2.16. The van der Waals surface area contributed by atoms with Crippen LogP contribution in [-0.2, 0) is 6.42 Å². The zero-order valence-electron chi connectivity index (χ0n) is 10.7. The molecule has 102 valence electrons. The summed E-state index contributed by atoms with van der Waals surface area (Å²) in [7, 11) is 0. The first-order valence-corrected chi connectivity index (χ1v) is 7.98. The number of para-hydroxylation sites is 1. The number of halogens is 1. The van der Waals surface area contributed by atoms with Crippen LogP contribution in [0.2, 0.25) is 0 Å². The average Bonchev–Trinajstić information content (AvgIpc) is 2.91. The summed E-state index contributed by atoms with van der Waals surface area (Å²) < 4.78 is 1.12. The number of fused-ring (bicyclic) bond motifs is 1. The van der Waals surface area contributed by atoms with Crippen molar-refractivity contribution in [1.82, 2.24) is 10.4 Å². The van der Waals surface area contributed by atoms with Crippen LogP contribution < -0.4 is 11.3 Å². The minimum absolute atomic E-state index is 0.100. The van der Waals surface area contributed by atoms with Crippen molar-refractivity contribution in [2.75, 3.05) is 0 Å². The number of hydrogen-bond donors (Lipinski definition) is 2. The van der Waals surface area contributed by atoms with Crippen LogP contribution in [0.5, 0.6) is 0 Å². The first kappa shape index (κ1) is 13.7. The van der Waals surface area contributed by atoms with Crippen molar-refractivity contribution >= 4 is 38.2 Å². The Kier molecular flexibility index (Phi) is 4.12. The van der Waals surface area contributed by atoms with Crippen LogP contribution in [0.4, 0.5) is 0 Å². The monoisotopic (exact) mass is 347 g/mol. The standard InChI is InChI=1S/C15H14BrN3S/c16-15-8-11(9-20-15)14(19-17)7-10-5-6-18-13-4-2-1-3-12(10)13/h1-6,8-9,14,19H,7,17H2. The average molecular weight is 348 g/mol. The largest absolute Gasteiger partial charge is 0.271 e. The molecule has 0 bridgehead atoms. The molecule has 5 heteroatoms. The van der Waals surface area contributed by atoms with Crippen molar-refractivity contribution in [1.29, 1.82) is 0 Å². The Balaban J connectivity index is 1.95. The number of nitrogens with two attached hydrogens (primary N) is 1. The van der Waals surface area contributed by atoms with Gasteiger partial charge < -0.3 is 0 Å². The summed E-state index contributed by atoms with van der Waals surface area (Å²) in [5.41, 5.74) is 6.38. The van der Waals surface area contributed by atoms with Crippen molar-refractivity contribution in [2.45, 2.75) is 12.5 Å². The highest BCUT2D eigenvalue weighted by Crippen LogP contribution is 2.28. The minimum Gasteiger partial charge on any atom is -0.271 e. The molecule has 0 aliphatic rings. The van der Waals surface area contributed by atoms with E-state index in [9.17, 15) is 0 Å². The summed E-state index contributed by atoms with van der Waals surface area (Å²) in [6, 6.07) is 12.5. The van der Waals surface area contributed by atoms with Gasteiger partial charge >= 0.3 is 0 Å². The molecule has 0 amide bonds. The van der Waals surface area contributed by atoms with Gasteiger partial charge in [0, 0.05) is 11.6 Å². The third-order valence-corrected chi connectivity index (χ3v) is 4.88. The third-order valence-electron chi connectivity index (χ3n) is 3.35. The molecular weight excluding hydrogens is 334 g/mol. The lowest BCUT2D eigenvalue weighted by atomic mass is 9.99. The Morgan fingerprint density at radius 2 is 2.15 bits per heavy atom. The van der Waals surface area contributed by atoms with Crippen molar-refractivity contribution in [2.24, 2.45) is 5.84 Å². The van der Waals surface area contributed by atoms with Crippen LogP contribution in [-0.4, -0.2) is 4.98 Å². The van der Waals surface area contributed by atoms with Crippen LogP contribution in [0.3, 0.4) is 0 Å². The molecule has 1 aromatic carbocycles. The summed E-state index contributed by atoms with van der Waals surface area (Å²) >= 11 is 5.17. The van der Waals surface area contributed by atoms with Crippen molar-refractivity contribution in [3.63, 3.8) is 0 Å².